The summed E-state index contributed by atoms with van der Waals surface area (Å²) in [4.78, 5) is 42.7. The number of benzene rings is 1. The van der Waals surface area contributed by atoms with E-state index in [9.17, 15) is 24.8 Å². The molecule has 1 saturated carbocycles. The first kappa shape index (κ1) is 23.2. The highest BCUT2D eigenvalue weighted by atomic mass is 16.3. The van der Waals surface area contributed by atoms with Gasteiger partial charge < -0.3 is 20.2 Å². The minimum absolute atomic E-state index is 0.0952. The first-order valence-corrected chi connectivity index (χ1v) is 11.6. The van der Waals surface area contributed by atoms with Crippen molar-refractivity contribution in [1.29, 1.82) is 5.26 Å². The van der Waals surface area contributed by atoms with E-state index in [1.165, 1.54) is 9.80 Å². The van der Waals surface area contributed by atoms with Gasteiger partial charge >= 0.3 is 0 Å². The molecular formula is C25H32N4O4. The average Bonchev–Trinajstić information content (AvgIpc) is 3.45. The average molecular weight is 453 g/mol. The maximum absolute atomic E-state index is 13.8. The Balaban J connectivity index is 1.63. The van der Waals surface area contributed by atoms with Gasteiger partial charge in [-0.2, -0.15) is 5.26 Å². The van der Waals surface area contributed by atoms with Crippen LogP contribution in [0.25, 0.3) is 0 Å². The fourth-order valence-electron chi connectivity index (χ4n) is 4.99. The Morgan fingerprint density at radius 3 is 2.61 bits per heavy atom. The number of nitrogens with one attached hydrogen (secondary N) is 1. The molecule has 0 unspecified atom stereocenters. The Morgan fingerprint density at radius 2 is 2.00 bits per heavy atom. The van der Waals surface area contributed by atoms with E-state index in [1.807, 2.05) is 24.3 Å². The van der Waals surface area contributed by atoms with Crippen molar-refractivity contribution in [3.05, 3.63) is 29.8 Å². The number of nitriles is 1. The van der Waals surface area contributed by atoms with E-state index >= 15 is 0 Å². The molecule has 1 saturated heterocycles. The third-order valence-corrected chi connectivity index (χ3v) is 7.32. The normalized spacial score (nSPS) is 25.9. The number of nitrogens with zero attached hydrogens (tertiary/aromatic N) is 3. The lowest BCUT2D eigenvalue weighted by Gasteiger charge is -2.35. The standard InChI is InChI=1S/C25H32N4O4/c1-24(2,3)20(30)22(32)28(4)19(11-15-9-10-15)21(31)29-14-25(12-16(29)13-26)17-7-5-6-8-18(17)27-23(25)33/h5-8,15-16,19-20,30H,9-12,14H2,1-4H3,(H,27,33)/t16-,19-,20+,25-/m0/s1. The van der Waals surface area contributed by atoms with Crippen LogP contribution in [-0.4, -0.2) is 64.4 Å². The van der Waals surface area contributed by atoms with E-state index in [2.05, 4.69) is 11.4 Å². The second-order valence-corrected chi connectivity index (χ2v) is 10.8. The molecule has 4 rings (SSSR count). The van der Waals surface area contributed by atoms with Crippen LogP contribution in [0, 0.1) is 22.7 Å². The predicted octanol–water partition coefficient (Wildman–Crippen LogP) is 2.04. The number of anilines is 1. The SMILES string of the molecule is CN(C(=O)[C@@H](O)C(C)(C)C)[C@@H](CC1CC1)C(=O)N1C[C@]2(C[C@H]1C#N)C(=O)Nc1ccccc12. The Kier molecular flexibility index (Phi) is 5.73. The molecule has 2 fully saturated rings. The number of likely N-dealkylation sites (N-methyl/N-ethyl adjacent to an activating group) is 1. The molecule has 1 spiro atoms. The summed E-state index contributed by atoms with van der Waals surface area (Å²) >= 11 is 0. The molecule has 1 aromatic rings. The number of fused-ring (bicyclic) bond motifs is 2. The van der Waals surface area contributed by atoms with Crippen LogP contribution < -0.4 is 5.32 Å². The zero-order chi connectivity index (χ0) is 24.1. The lowest BCUT2D eigenvalue weighted by molar-refractivity contribution is -0.153. The molecule has 0 bridgehead atoms. The summed E-state index contributed by atoms with van der Waals surface area (Å²) in [7, 11) is 1.55. The van der Waals surface area contributed by atoms with Crippen LogP contribution in [-0.2, 0) is 19.8 Å². The maximum Gasteiger partial charge on any atom is 0.252 e. The van der Waals surface area contributed by atoms with Gasteiger partial charge in [-0.15, -0.1) is 0 Å². The number of para-hydroxylation sites is 1. The number of likely N-dealkylation sites (tertiary alicyclic amines) is 1. The highest BCUT2D eigenvalue weighted by Gasteiger charge is 2.57. The van der Waals surface area contributed by atoms with E-state index in [-0.39, 0.29) is 24.8 Å². The van der Waals surface area contributed by atoms with Crippen LogP contribution in [0.4, 0.5) is 5.69 Å². The molecule has 0 radical (unpaired) electrons. The first-order chi connectivity index (χ1) is 15.5. The number of aliphatic hydroxyl groups is 1. The lowest BCUT2D eigenvalue weighted by atomic mass is 9.80. The van der Waals surface area contributed by atoms with Crippen molar-refractivity contribution >= 4 is 23.4 Å². The fourth-order valence-corrected chi connectivity index (χ4v) is 4.99. The van der Waals surface area contributed by atoms with Crippen LogP contribution in [0.15, 0.2) is 24.3 Å². The molecule has 176 valence electrons. The molecule has 0 aromatic heterocycles. The number of carbonyl (C=O) groups is 3. The summed E-state index contributed by atoms with van der Waals surface area (Å²) in [6.45, 7) is 5.41. The van der Waals surface area contributed by atoms with E-state index in [4.69, 9.17) is 0 Å². The van der Waals surface area contributed by atoms with Gasteiger partial charge in [-0.3, -0.25) is 14.4 Å². The zero-order valence-corrected chi connectivity index (χ0v) is 19.7. The van der Waals surface area contributed by atoms with Gasteiger partial charge in [0, 0.05) is 25.7 Å². The van der Waals surface area contributed by atoms with Crippen LogP contribution in [0.3, 0.4) is 0 Å². The second-order valence-electron chi connectivity index (χ2n) is 10.8. The van der Waals surface area contributed by atoms with E-state index < -0.39 is 34.9 Å². The van der Waals surface area contributed by atoms with Crippen LogP contribution in [0.1, 0.15) is 52.0 Å². The topological polar surface area (TPSA) is 114 Å². The van der Waals surface area contributed by atoms with Crippen molar-refractivity contribution in [2.75, 3.05) is 18.9 Å². The minimum Gasteiger partial charge on any atom is -0.383 e. The van der Waals surface area contributed by atoms with Crippen molar-refractivity contribution in [3.63, 3.8) is 0 Å². The zero-order valence-electron chi connectivity index (χ0n) is 19.7. The van der Waals surface area contributed by atoms with Crippen molar-refractivity contribution in [2.24, 2.45) is 11.3 Å². The summed E-state index contributed by atoms with van der Waals surface area (Å²) in [6, 6.07) is 8.03. The minimum atomic E-state index is -1.25. The van der Waals surface area contributed by atoms with Crippen LogP contribution in [0.2, 0.25) is 0 Å². The Labute approximate surface area is 194 Å². The quantitative estimate of drug-likeness (QED) is 0.710. The highest BCUT2D eigenvalue weighted by Crippen LogP contribution is 2.47. The molecular weight excluding hydrogens is 420 g/mol. The van der Waals surface area contributed by atoms with Gasteiger partial charge in [-0.25, -0.2) is 0 Å². The van der Waals surface area contributed by atoms with Crippen molar-refractivity contribution in [2.45, 2.75) is 70.1 Å². The third kappa shape index (κ3) is 3.99. The van der Waals surface area contributed by atoms with E-state index in [0.717, 1.165) is 18.4 Å². The lowest BCUT2D eigenvalue weighted by Crippen LogP contribution is -2.55. The Hall–Kier alpha value is -2.92. The summed E-state index contributed by atoms with van der Waals surface area (Å²) in [5, 5.41) is 23.3. The highest BCUT2D eigenvalue weighted by molar-refractivity contribution is 6.07. The van der Waals surface area contributed by atoms with Gasteiger partial charge in [-0.05, 0) is 29.4 Å². The molecule has 2 N–H and O–H groups in total. The maximum atomic E-state index is 13.8. The summed E-state index contributed by atoms with van der Waals surface area (Å²) in [5.41, 5.74) is -0.123. The number of rotatable bonds is 5. The van der Waals surface area contributed by atoms with Gasteiger partial charge in [-0.1, -0.05) is 51.8 Å². The summed E-state index contributed by atoms with van der Waals surface area (Å²) in [5.74, 6) is -0.702. The summed E-state index contributed by atoms with van der Waals surface area (Å²) in [6.07, 6.45) is 1.45. The van der Waals surface area contributed by atoms with Crippen molar-refractivity contribution < 1.29 is 19.5 Å². The molecule has 2 heterocycles. The van der Waals surface area contributed by atoms with Gasteiger partial charge in [0.05, 0.1) is 11.5 Å². The number of carbonyl (C=O) groups excluding carboxylic acids is 3. The van der Waals surface area contributed by atoms with Gasteiger partial charge in [0.1, 0.15) is 18.2 Å². The monoisotopic (exact) mass is 452 g/mol. The number of amides is 3. The smallest absolute Gasteiger partial charge is 0.252 e. The number of hydrogen-bond donors (Lipinski definition) is 2. The molecule has 1 aromatic carbocycles. The van der Waals surface area contributed by atoms with Crippen LogP contribution >= 0.6 is 0 Å². The molecule has 1 aliphatic carbocycles. The number of aliphatic hydroxyl groups excluding tert-OH is 1. The second kappa shape index (κ2) is 8.14. The molecule has 8 nitrogen and oxygen atoms in total. The molecule has 33 heavy (non-hydrogen) atoms. The summed E-state index contributed by atoms with van der Waals surface area (Å²) < 4.78 is 0. The number of hydrogen-bond acceptors (Lipinski definition) is 5. The Bertz CT molecular complexity index is 1020. The van der Waals surface area contributed by atoms with Crippen LogP contribution in [0.5, 0.6) is 0 Å². The van der Waals surface area contributed by atoms with Gasteiger partial charge in [0.15, 0.2) is 0 Å². The van der Waals surface area contributed by atoms with Gasteiger partial charge in [0.25, 0.3) is 5.91 Å². The molecule has 4 atom stereocenters. The van der Waals surface area contributed by atoms with Crippen molar-refractivity contribution in [3.8, 4) is 6.07 Å². The van der Waals surface area contributed by atoms with Crippen molar-refractivity contribution in [1.82, 2.24) is 9.80 Å². The molecule has 3 aliphatic rings. The molecule has 2 aliphatic heterocycles. The molecule has 3 amide bonds. The largest absolute Gasteiger partial charge is 0.383 e. The fraction of sp³-hybridized carbons (Fsp3) is 0.600. The third-order valence-electron chi connectivity index (χ3n) is 7.32. The molecule has 8 heteroatoms. The predicted molar refractivity (Wildman–Crippen MR) is 122 cm³/mol. The van der Waals surface area contributed by atoms with E-state index in [0.29, 0.717) is 18.0 Å². The Morgan fingerprint density at radius 1 is 1.33 bits per heavy atom. The van der Waals surface area contributed by atoms with E-state index in [1.54, 1.807) is 27.8 Å². The van der Waals surface area contributed by atoms with Gasteiger partial charge in [0.2, 0.25) is 11.8 Å². The first-order valence-electron chi connectivity index (χ1n) is 11.6.